The lowest BCUT2D eigenvalue weighted by atomic mass is 9.82. The summed E-state index contributed by atoms with van der Waals surface area (Å²) in [6.45, 7) is 10.4. The van der Waals surface area contributed by atoms with E-state index < -0.39 is 11.5 Å². The number of methoxy groups -OCH3 is 1. The first-order valence-electron chi connectivity index (χ1n) is 6.75. The quantitative estimate of drug-likeness (QED) is 0.750. The van der Waals surface area contributed by atoms with Gasteiger partial charge in [0.1, 0.15) is 6.54 Å². The van der Waals surface area contributed by atoms with Gasteiger partial charge in [-0.3, -0.25) is 4.79 Å². The highest BCUT2D eigenvalue weighted by Gasteiger charge is 2.29. The van der Waals surface area contributed by atoms with Gasteiger partial charge in [-0.25, -0.2) is 4.79 Å². The van der Waals surface area contributed by atoms with Gasteiger partial charge in [0.15, 0.2) is 0 Å². The number of hydrogen-bond donors (Lipinski definition) is 2. The number of nitrogens with one attached hydrogen (secondary N) is 1. The fourth-order valence-electron chi connectivity index (χ4n) is 2.36. The van der Waals surface area contributed by atoms with Crippen LogP contribution in [-0.2, 0) is 9.53 Å². The van der Waals surface area contributed by atoms with Gasteiger partial charge in [0.05, 0.1) is 6.61 Å². The molecule has 2 amide bonds. The van der Waals surface area contributed by atoms with Crippen LogP contribution in [0.5, 0.6) is 0 Å². The van der Waals surface area contributed by atoms with Crippen LogP contribution < -0.4 is 5.32 Å². The smallest absolute Gasteiger partial charge is 0.323 e. The van der Waals surface area contributed by atoms with Crippen molar-refractivity contribution in [3.05, 3.63) is 0 Å². The summed E-state index contributed by atoms with van der Waals surface area (Å²) < 4.78 is 4.90. The maximum absolute atomic E-state index is 12.2. The number of carbonyl (C=O) groups excluding carboxylic acids is 1. The van der Waals surface area contributed by atoms with Crippen LogP contribution in [0.25, 0.3) is 0 Å². The lowest BCUT2D eigenvalue weighted by molar-refractivity contribution is -0.137. The summed E-state index contributed by atoms with van der Waals surface area (Å²) in [7, 11) is 1.51. The van der Waals surface area contributed by atoms with Gasteiger partial charge < -0.3 is 20.1 Å². The predicted octanol–water partition coefficient (Wildman–Crippen LogP) is 1.94. The highest BCUT2D eigenvalue weighted by Crippen LogP contribution is 2.26. The van der Waals surface area contributed by atoms with Gasteiger partial charge in [-0.05, 0) is 25.7 Å². The van der Waals surface area contributed by atoms with Gasteiger partial charge in [0, 0.05) is 19.2 Å². The van der Waals surface area contributed by atoms with Crippen LogP contribution in [0.4, 0.5) is 4.79 Å². The highest BCUT2D eigenvalue weighted by atomic mass is 16.5. The van der Waals surface area contributed by atoms with Crippen molar-refractivity contribution in [1.29, 1.82) is 0 Å². The molecule has 2 N–H and O–H groups in total. The highest BCUT2D eigenvalue weighted by molar-refractivity contribution is 5.80. The van der Waals surface area contributed by atoms with Crippen molar-refractivity contribution in [2.45, 2.75) is 46.6 Å². The number of carboxylic acid groups (broad SMARTS) is 1. The molecular weight excluding hydrogens is 260 g/mol. The Labute approximate surface area is 121 Å². The lowest BCUT2D eigenvalue weighted by Crippen LogP contribution is -2.53. The molecule has 0 spiro atoms. The maximum Gasteiger partial charge on any atom is 0.323 e. The number of ether oxygens (including phenoxy) is 1. The van der Waals surface area contributed by atoms with Crippen molar-refractivity contribution in [1.82, 2.24) is 10.2 Å². The monoisotopic (exact) mass is 288 g/mol. The Kier molecular flexibility index (Phi) is 6.99. The second kappa shape index (κ2) is 7.47. The molecule has 0 aromatic heterocycles. The molecule has 0 aromatic rings. The number of carboxylic acids is 1. The van der Waals surface area contributed by atoms with Crippen molar-refractivity contribution >= 4 is 12.0 Å². The van der Waals surface area contributed by atoms with Crippen molar-refractivity contribution in [3.63, 3.8) is 0 Å². The summed E-state index contributed by atoms with van der Waals surface area (Å²) in [4.78, 5) is 24.2. The first-order chi connectivity index (χ1) is 8.97. The molecule has 0 aliphatic carbocycles. The molecule has 0 saturated carbocycles. The number of amides is 2. The molecule has 0 rings (SSSR count). The predicted molar refractivity (Wildman–Crippen MR) is 77.8 cm³/mol. The largest absolute Gasteiger partial charge is 0.480 e. The van der Waals surface area contributed by atoms with Crippen LogP contribution in [0.1, 0.15) is 41.0 Å². The number of hydrogen-bond acceptors (Lipinski definition) is 3. The van der Waals surface area contributed by atoms with Crippen LogP contribution >= 0.6 is 0 Å². The summed E-state index contributed by atoms with van der Waals surface area (Å²) in [5.41, 5.74) is -0.333. The number of nitrogens with zero attached hydrogens (tertiary/aromatic N) is 1. The molecule has 0 fully saturated rings. The molecule has 0 aromatic carbocycles. The van der Waals surface area contributed by atoms with Crippen molar-refractivity contribution in [2.24, 2.45) is 5.41 Å². The molecule has 0 radical (unpaired) electrons. The molecule has 0 bridgehead atoms. The Bertz CT molecular complexity index is 335. The third-order valence-corrected chi connectivity index (χ3v) is 2.60. The van der Waals surface area contributed by atoms with E-state index in [1.54, 1.807) is 0 Å². The summed E-state index contributed by atoms with van der Waals surface area (Å²) in [6, 6.07) is -0.376. The fourth-order valence-corrected chi connectivity index (χ4v) is 2.36. The van der Waals surface area contributed by atoms with Crippen LogP contribution in [0.15, 0.2) is 0 Å². The number of rotatable bonds is 7. The van der Waals surface area contributed by atoms with Crippen LogP contribution in [-0.4, -0.2) is 54.4 Å². The van der Waals surface area contributed by atoms with E-state index in [4.69, 9.17) is 9.84 Å². The van der Waals surface area contributed by atoms with Gasteiger partial charge in [-0.2, -0.15) is 0 Å². The van der Waals surface area contributed by atoms with Gasteiger partial charge in [-0.15, -0.1) is 0 Å². The molecule has 0 saturated heterocycles. The third-order valence-electron chi connectivity index (χ3n) is 2.60. The zero-order valence-electron chi connectivity index (χ0n) is 13.4. The van der Waals surface area contributed by atoms with Crippen molar-refractivity contribution in [2.75, 3.05) is 26.8 Å². The number of urea groups is 1. The minimum atomic E-state index is -1.04. The number of carbonyl (C=O) groups is 2. The van der Waals surface area contributed by atoms with Gasteiger partial charge in [0.25, 0.3) is 0 Å². The van der Waals surface area contributed by atoms with E-state index >= 15 is 0 Å². The van der Waals surface area contributed by atoms with E-state index in [1.165, 1.54) is 12.0 Å². The fraction of sp³-hybridized carbons (Fsp3) is 0.857. The van der Waals surface area contributed by atoms with E-state index in [0.29, 0.717) is 6.61 Å². The lowest BCUT2D eigenvalue weighted by Gasteiger charge is -2.35. The Morgan fingerprint density at radius 3 is 2.15 bits per heavy atom. The Morgan fingerprint density at radius 1 is 1.20 bits per heavy atom. The molecule has 0 atom stereocenters. The molecule has 0 aliphatic rings. The van der Waals surface area contributed by atoms with E-state index in [1.807, 2.05) is 13.8 Å². The Morgan fingerprint density at radius 2 is 1.75 bits per heavy atom. The maximum atomic E-state index is 12.2. The molecule has 0 unspecified atom stereocenters. The van der Waals surface area contributed by atoms with Crippen molar-refractivity contribution < 1.29 is 19.4 Å². The summed E-state index contributed by atoms with van der Waals surface area (Å²) in [6.07, 6.45) is 0.789. The minimum Gasteiger partial charge on any atom is -0.480 e. The summed E-state index contributed by atoms with van der Waals surface area (Å²) >= 11 is 0. The SMILES string of the molecule is COCCN(CC(=O)O)C(=O)NC(C)(C)CC(C)(C)C. The second-order valence-electron chi connectivity index (χ2n) is 6.86. The molecule has 6 nitrogen and oxygen atoms in total. The Hall–Kier alpha value is -1.30. The molecule has 0 heterocycles. The molecule has 0 aliphatic heterocycles. The molecular formula is C14H28N2O4. The van der Waals surface area contributed by atoms with Crippen molar-refractivity contribution in [3.8, 4) is 0 Å². The van der Waals surface area contributed by atoms with Crippen LogP contribution in [0.3, 0.4) is 0 Å². The molecule has 6 heteroatoms. The zero-order valence-corrected chi connectivity index (χ0v) is 13.4. The van der Waals surface area contributed by atoms with Gasteiger partial charge in [-0.1, -0.05) is 20.8 Å². The first-order valence-corrected chi connectivity index (χ1v) is 6.75. The van der Waals surface area contributed by atoms with Gasteiger partial charge in [0.2, 0.25) is 0 Å². The zero-order chi connectivity index (χ0) is 16.0. The standard InChI is InChI=1S/C14H28N2O4/c1-13(2,3)10-14(4,5)15-12(19)16(7-8-20-6)9-11(17)18/h7-10H2,1-6H3,(H,15,19)(H,17,18). The average Bonchev–Trinajstić information content (AvgIpc) is 2.18. The van der Waals surface area contributed by atoms with Crippen LogP contribution in [0.2, 0.25) is 0 Å². The normalized spacial score (nSPS) is 12.1. The van der Waals surface area contributed by atoms with E-state index in [-0.39, 0.29) is 24.5 Å². The summed E-state index contributed by atoms with van der Waals surface area (Å²) in [5, 5.41) is 11.7. The average molecular weight is 288 g/mol. The summed E-state index contributed by atoms with van der Waals surface area (Å²) in [5.74, 6) is -1.04. The molecule has 118 valence electrons. The van der Waals surface area contributed by atoms with E-state index in [2.05, 4.69) is 26.1 Å². The van der Waals surface area contributed by atoms with E-state index in [9.17, 15) is 9.59 Å². The molecule has 20 heavy (non-hydrogen) atoms. The number of aliphatic carboxylic acids is 1. The minimum absolute atomic E-state index is 0.0704. The Balaban J connectivity index is 4.68. The van der Waals surface area contributed by atoms with Gasteiger partial charge >= 0.3 is 12.0 Å². The first kappa shape index (κ1) is 18.7. The topological polar surface area (TPSA) is 78.9 Å². The second-order valence-corrected chi connectivity index (χ2v) is 6.86. The van der Waals surface area contributed by atoms with Crippen LogP contribution in [0, 0.1) is 5.41 Å². The third kappa shape index (κ3) is 8.74. The van der Waals surface area contributed by atoms with E-state index in [0.717, 1.165) is 6.42 Å².